The van der Waals surface area contributed by atoms with Gasteiger partial charge in [0.15, 0.2) is 0 Å². The Morgan fingerprint density at radius 1 is 0.318 bits per heavy atom. The average molecular weight is 558 g/mol. The third kappa shape index (κ3) is 3.76. The number of benzene rings is 8. The Labute approximate surface area is 255 Å². The van der Waals surface area contributed by atoms with Crippen molar-refractivity contribution in [2.24, 2.45) is 0 Å². The van der Waals surface area contributed by atoms with E-state index in [4.69, 9.17) is 0 Å². The van der Waals surface area contributed by atoms with Gasteiger partial charge >= 0.3 is 0 Å². The number of pyridine rings is 1. The van der Waals surface area contributed by atoms with Crippen molar-refractivity contribution < 1.29 is 0 Å². The molecule has 1 nitrogen and oxygen atoms in total. The van der Waals surface area contributed by atoms with E-state index < -0.39 is 0 Å². The van der Waals surface area contributed by atoms with E-state index in [0.29, 0.717) is 0 Å². The number of aromatic nitrogens is 1. The number of hydrogen-bond donors (Lipinski definition) is 0. The molecule has 44 heavy (non-hydrogen) atoms. The molecule has 1 heteroatoms. The zero-order valence-electron chi connectivity index (χ0n) is 24.0. The summed E-state index contributed by atoms with van der Waals surface area (Å²) >= 11 is 0. The molecule has 0 saturated heterocycles. The summed E-state index contributed by atoms with van der Waals surface area (Å²) in [7, 11) is 0. The van der Waals surface area contributed by atoms with Gasteiger partial charge in [-0.15, -0.1) is 0 Å². The van der Waals surface area contributed by atoms with Crippen molar-refractivity contribution in [3.05, 3.63) is 164 Å². The summed E-state index contributed by atoms with van der Waals surface area (Å²) in [6, 6.07) is 57.5. The van der Waals surface area contributed by atoms with E-state index in [2.05, 4.69) is 157 Å². The van der Waals surface area contributed by atoms with E-state index >= 15 is 0 Å². The maximum absolute atomic E-state index is 4.54. The maximum Gasteiger partial charge on any atom is 0.0702 e. The molecule has 0 aliphatic rings. The molecule has 9 aromatic rings. The summed E-state index contributed by atoms with van der Waals surface area (Å²) in [6.07, 6.45) is 1.85. The Morgan fingerprint density at radius 2 is 0.818 bits per heavy atom. The fourth-order valence-electron chi connectivity index (χ4n) is 7.16. The van der Waals surface area contributed by atoms with Crippen LogP contribution in [0.3, 0.4) is 0 Å². The Bertz CT molecular complexity index is 2500. The monoisotopic (exact) mass is 557 g/mol. The Morgan fingerprint density at radius 3 is 1.50 bits per heavy atom. The van der Waals surface area contributed by atoms with Crippen molar-refractivity contribution in [2.45, 2.75) is 0 Å². The highest BCUT2D eigenvalue weighted by Crippen LogP contribution is 2.47. The van der Waals surface area contributed by atoms with Gasteiger partial charge in [0, 0.05) is 11.6 Å². The molecule has 0 saturated carbocycles. The molecule has 9 rings (SSSR count). The number of rotatable bonds is 3. The van der Waals surface area contributed by atoms with Crippen LogP contribution in [0.25, 0.3) is 87.4 Å². The number of fused-ring (bicyclic) bond motifs is 5. The smallest absolute Gasteiger partial charge is 0.0702 e. The predicted octanol–water partition coefficient (Wildman–Crippen LogP) is 11.8. The van der Waals surface area contributed by atoms with Crippen LogP contribution in [0.4, 0.5) is 0 Å². The third-order valence-electron chi connectivity index (χ3n) is 9.10. The highest BCUT2D eigenvalue weighted by molar-refractivity contribution is 6.25. The topological polar surface area (TPSA) is 12.9 Å². The normalized spacial score (nSPS) is 11.6. The third-order valence-corrected chi connectivity index (χ3v) is 9.10. The minimum atomic E-state index is 1.02. The summed E-state index contributed by atoms with van der Waals surface area (Å²) in [5.41, 5.74) is 8.55. The van der Waals surface area contributed by atoms with Crippen LogP contribution in [-0.4, -0.2) is 4.98 Å². The van der Waals surface area contributed by atoms with E-state index in [1.807, 2.05) is 12.3 Å². The van der Waals surface area contributed by atoms with Crippen molar-refractivity contribution in [3.8, 4) is 33.4 Å². The van der Waals surface area contributed by atoms with Gasteiger partial charge in [-0.3, -0.25) is 4.98 Å². The van der Waals surface area contributed by atoms with Gasteiger partial charge in [0.05, 0.1) is 5.52 Å². The van der Waals surface area contributed by atoms with E-state index in [9.17, 15) is 0 Å². The van der Waals surface area contributed by atoms with Crippen LogP contribution in [-0.2, 0) is 0 Å². The quantitative estimate of drug-likeness (QED) is 0.197. The molecule has 8 aromatic carbocycles. The van der Waals surface area contributed by atoms with Gasteiger partial charge in [-0.2, -0.15) is 0 Å². The Kier molecular flexibility index (Phi) is 5.57. The van der Waals surface area contributed by atoms with Gasteiger partial charge in [0.1, 0.15) is 0 Å². The van der Waals surface area contributed by atoms with Gasteiger partial charge in [0.2, 0.25) is 0 Å². The molecule has 0 aliphatic heterocycles. The maximum atomic E-state index is 4.54. The lowest BCUT2D eigenvalue weighted by Crippen LogP contribution is -1.93. The van der Waals surface area contributed by atoms with Crippen LogP contribution >= 0.6 is 0 Å². The SMILES string of the molecule is c1cnc2ccc(-c3ccc(-c4c5ccccc5c(-c5cccc6ccccc56)c5ccccc45)c4ccccc34)cc2c1. The Balaban J connectivity index is 1.37. The molecule has 0 unspecified atom stereocenters. The van der Waals surface area contributed by atoms with Crippen molar-refractivity contribution in [3.63, 3.8) is 0 Å². The molecule has 204 valence electrons. The standard InChI is InChI=1S/C43H27N/c1-2-14-31-28(11-1)12-9-21-35(31)42-36-17-5-7-19-38(36)43(39-20-8-6-18-37(39)42)40-24-23-32(33-15-3-4-16-34(33)40)29-22-25-41-30(27-29)13-10-26-44-41/h1-27H. The molecule has 0 aliphatic carbocycles. The minimum absolute atomic E-state index is 1.02. The first-order valence-corrected chi connectivity index (χ1v) is 15.1. The highest BCUT2D eigenvalue weighted by atomic mass is 14.6. The first kappa shape index (κ1) is 24.8. The number of hydrogen-bond acceptors (Lipinski definition) is 1. The van der Waals surface area contributed by atoms with Crippen LogP contribution in [0, 0.1) is 0 Å². The largest absolute Gasteiger partial charge is 0.256 e. The summed E-state index contributed by atoms with van der Waals surface area (Å²) in [5, 5.41) is 11.3. The van der Waals surface area contributed by atoms with E-state index in [0.717, 1.165) is 10.9 Å². The van der Waals surface area contributed by atoms with Crippen LogP contribution in [0.1, 0.15) is 0 Å². The summed E-state index contributed by atoms with van der Waals surface area (Å²) in [5.74, 6) is 0. The zero-order valence-corrected chi connectivity index (χ0v) is 24.0. The first-order chi connectivity index (χ1) is 21.8. The van der Waals surface area contributed by atoms with Crippen LogP contribution in [0.5, 0.6) is 0 Å². The van der Waals surface area contributed by atoms with Crippen molar-refractivity contribution in [1.29, 1.82) is 0 Å². The molecule has 0 amide bonds. The summed E-state index contributed by atoms with van der Waals surface area (Å²) < 4.78 is 0. The van der Waals surface area contributed by atoms with Gasteiger partial charge in [0.25, 0.3) is 0 Å². The van der Waals surface area contributed by atoms with Crippen LogP contribution in [0.15, 0.2) is 164 Å². The molecular weight excluding hydrogens is 530 g/mol. The first-order valence-electron chi connectivity index (χ1n) is 15.1. The second kappa shape index (κ2) is 9.90. The van der Waals surface area contributed by atoms with E-state index in [-0.39, 0.29) is 0 Å². The molecule has 0 atom stereocenters. The number of nitrogens with zero attached hydrogens (tertiary/aromatic N) is 1. The van der Waals surface area contributed by atoms with Crippen molar-refractivity contribution in [2.75, 3.05) is 0 Å². The zero-order chi connectivity index (χ0) is 29.0. The molecule has 0 fully saturated rings. The lowest BCUT2D eigenvalue weighted by Gasteiger charge is -2.20. The van der Waals surface area contributed by atoms with Gasteiger partial charge in [-0.05, 0) is 94.7 Å². The van der Waals surface area contributed by atoms with Gasteiger partial charge < -0.3 is 0 Å². The molecule has 0 radical (unpaired) electrons. The lowest BCUT2D eigenvalue weighted by molar-refractivity contribution is 1.41. The van der Waals surface area contributed by atoms with E-state index in [1.54, 1.807) is 0 Å². The summed E-state index contributed by atoms with van der Waals surface area (Å²) in [6.45, 7) is 0. The van der Waals surface area contributed by atoms with Crippen molar-refractivity contribution >= 4 is 54.0 Å². The van der Waals surface area contributed by atoms with Crippen LogP contribution in [0.2, 0.25) is 0 Å². The van der Waals surface area contributed by atoms with Gasteiger partial charge in [-0.25, -0.2) is 0 Å². The molecular formula is C43H27N. The highest BCUT2D eigenvalue weighted by Gasteiger charge is 2.19. The average Bonchev–Trinajstić information content (AvgIpc) is 3.10. The summed E-state index contributed by atoms with van der Waals surface area (Å²) in [4.78, 5) is 4.54. The van der Waals surface area contributed by atoms with E-state index in [1.165, 1.54) is 76.5 Å². The molecule has 0 spiro atoms. The second-order valence-electron chi connectivity index (χ2n) is 11.5. The fourth-order valence-corrected chi connectivity index (χ4v) is 7.16. The van der Waals surface area contributed by atoms with Crippen molar-refractivity contribution in [1.82, 2.24) is 4.98 Å². The predicted molar refractivity (Wildman–Crippen MR) is 188 cm³/mol. The Hall–Kier alpha value is -5.79. The molecule has 1 heterocycles. The lowest BCUT2D eigenvalue weighted by atomic mass is 9.83. The molecule has 1 aromatic heterocycles. The molecule has 0 N–H and O–H groups in total. The fraction of sp³-hybridized carbons (Fsp3) is 0. The van der Waals surface area contributed by atoms with Gasteiger partial charge in [-0.1, -0.05) is 140 Å². The minimum Gasteiger partial charge on any atom is -0.256 e. The van der Waals surface area contributed by atoms with Crippen LogP contribution < -0.4 is 0 Å². The molecule has 0 bridgehead atoms. The second-order valence-corrected chi connectivity index (χ2v) is 11.5.